The van der Waals surface area contributed by atoms with E-state index in [1.54, 1.807) is 0 Å². The van der Waals surface area contributed by atoms with Gasteiger partial charge in [0.05, 0.1) is 13.2 Å². The minimum Gasteiger partial charge on any atom is -0.353 e. The number of hydrogen-bond donors (Lipinski definition) is 0. The fraction of sp³-hybridized carbons (Fsp3) is 0.429. The lowest BCUT2D eigenvalue weighted by molar-refractivity contribution is -0.182. The summed E-state index contributed by atoms with van der Waals surface area (Å²) in [4.78, 5) is 0. The van der Waals surface area contributed by atoms with Crippen LogP contribution in [0.4, 0.5) is 0 Å². The lowest BCUT2D eigenvalue weighted by Crippen LogP contribution is -2.25. The molecule has 18 heavy (non-hydrogen) atoms. The van der Waals surface area contributed by atoms with Gasteiger partial charge in [-0.05, 0) is 30.7 Å². The number of nitrogens with zero attached hydrogens (tertiary/aromatic N) is 1. The zero-order valence-electron chi connectivity index (χ0n) is 10.1. The van der Waals surface area contributed by atoms with E-state index >= 15 is 0 Å². The van der Waals surface area contributed by atoms with Gasteiger partial charge in [0.2, 0.25) is 0 Å². The monoisotopic (exact) mass is 309 g/mol. The van der Waals surface area contributed by atoms with Crippen molar-refractivity contribution in [2.75, 3.05) is 13.2 Å². The average molecular weight is 310 g/mol. The van der Waals surface area contributed by atoms with Crippen molar-refractivity contribution in [2.24, 2.45) is 0 Å². The number of halogens is 1. The Balaban J connectivity index is 1.70. The lowest BCUT2D eigenvalue weighted by atomic mass is 10.2. The highest BCUT2D eigenvalue weighted by Crippen LogP contribution is 2.21. The second-order valence-electron chi connectivity index (χ2n) is 4.53. The molecule has 0 spiro atoms. The predicted molar refractivity (Wildman–Crippen MR) is 74.6 cm³/mol. The Labute approximate surface area is 115 Å². The second-order valence-corrected chi connectivity index (χ2v) is 5.44. The first-order valence-corrected chi connectivity index (χ1v) is 7.10. The summed E-state index contributed by atoms with van der Waals surface area (Å²) in [5.74, 6) is 0. The molecule has 1 saturated heterocycles. The summed E-state index contributed by atoms with van der Waals surface area (Å²) in [5, 5.41) is 1.26. The molecule has 0 unspecified atom stereocenters. The first-order valence-electron chi connectivity index (χ1n) is 6.30. The number of benzene rings is 1. The van der Waals surface area contributed by atoms with E-state index in [0.717, 1.165) is 37.1 Å². The third-order valence-corrected chi connectivity index (χ3v) is 3.73. The Bertz CT molecular complexity index is 532. The van der Waals surface area contributed by atoms with Gasteiger partial charge in [-0.15, -0.1) is 0 Å². The van der Waals surface area contributed by atoms with E-state index in [-0.39, 0.29) is 6.29 Å². The zero-order valence-corrected chi connectivity index (χ0v) is 11.7. The molecule has 1 fully saturated rings. The Morgan fingerprint density at radius 2 is 2.06 bits per heavy atom. The first kappa shape index (κ1) is 12.2. The molecule has 1 aliphatic heterocycles. The van der Waals surface area contributed by atoms with Crippen molar-refractivity contribution in [3.8, 4) is 0 Å². The Hall–Kier alpha value is -0.840. The van der Waals surface area contributed by atoms with Crippen LogP contribution < -0.4 is 0 Å². The van der Waals surface area contributed by atoms with Crippen molar-refractivity contribution in [3.63, 3.8) is 0 Å². The van der Waals surface area contributed by atoms with Crippen LogP contribution in [0.15, 0.2) is 34.9 Å². The Morgan fingerprint density at radius 1 is 1.22 bits per heavy atom. The van der Waals surface area contributed by atoms with Crippen LogP contribution in [0.5, 0.6) is 0 Å². The minimum absolute atomic E-state index is 0.0355. The molecule has 2 aromatic rings. The normalized spacial score (nSPS) is 17.4. The topological polar surface area (TPSA) is 23.4 Å². The third-order valence-electron chi connectivity index (χ3n) is 3.23. The van der Waals surface area contributed by atoms with Crippen molar-refractivity contribution in [1.82, 2.24) is 4.57 Å². The Kier molecular flexibility index (Phi) is 3.68. The molecule has 0 atom stereocenters. The molecule has 3 rings (SSSR count). The van der Waals surface area contributed by atoms with Crippen molar-refractivity contribution in [3.05, 3.63) is 34.9 Å². The largest absolute Gasteiger partial charge is 0.353 e. The lowest BCUT2D eigenvalue weighted by Gasteiger charge is -2.23. The molecule has 0 N–H and O–H groups in total. The van der Waals surface area contributed by atoms with Gasteiger partial charge in [0.15, 0.2) is 6.29 Å². The molecule has 0 aliphatic carbocycles. The maximum Gasteiger partial charge on any atom is 0.159 e. The molecular weight excluding hydrogens is 294 g/mol. The van der Waals surface area contributed by atoms with Crippen LogP contribution in [-0.2, 0) is 16.0 Å². The molecule has 0 radical (unpaired) electrons. The quantitative estimate of drug-likeness (QED) is 0.865. The van der Waals surface area contributed by atoms with Crippen molar-refractivity contribution in [2.45, 2.75) is 25.7 Å². The van der Waals surface area contributed by atoms with E-state index in [1.807, 2.05) is 0 Å². The van der Waals surface area contributed by atoms with Crippen molar-refractivity contribution in [1.29, 1.82) is 0 Å². The molecule has 4 heteroatoms. The SMILES string of the molecule is Brc1ccc2c(ccn2CCC2OCCCO2)c1. The van der Waals surface area contributed by atoms with Crippen LogP contribution in [0.25, 0.3) is 10.9 Å². The number of aryl methyl sites for hydroxylation is 1. The van der Waals surface area contributed by atoms with Gasteiger partial charge in [-0.2, -0.15) is 0 Å². The van der Waals surface area contributed by atoms with Crippen LogP contribution in [-0.4, -0.2) is 24.1 Å². The van der Waals surface area contributed by atoms with E-state index in [1.165, 1.54) is 10.9 Å². The minimum atomic E-state index is -0.0355. The summed E-state index contributed by atoms with van der Waals surface area (Å²) < 4.78 is 14.5. The van der Waals surface area contributed by atoms with Crippen LogP contribution >= 0.6 is 15.9 Å². The van der Waals surface area contributed by atoms with Crippen molar-refractivity contribution < 1.29 is 9.47 Å². The molecule has 0 amide bonds. The van der Waals surface area contributed by atoms with E-state index in [0.29, 0.717) is 0 Å². The van der Waals surface area contributed by atoms with Crippen molar-refractivity contribution >= 4 is 26.8 Å². The van der Waals surface area contributed by atoms with E-state index in [4.69, 9.17) is 9.47 Å². The Morgan fingerprint density at radius 3 is 2.89 bits per heavy atom. The van der Waals surface area contributed by atoms with E-state index in [9.17, 15) is 0 Å². The van der Waals surface area contributed by atoms with Gasteiger partial charge in [0.1, 0.15) is 0 Å². The smallest absolute Gasteiger partial charge is 0.159 e. The van der Waals surface area contributed by atoms with Gasteiger partial charge in [-0.3, -0.25) is 0 Å². The fourth-order valence-electron chi connectivity index (χ4n) is 2.31. The molecule has 3 nitrogen and oxygen atoms in total. The molecule has 1 aromatic heterocycles. The summed E-state index contributed by atoms with van der Waals surface area (Å²) in [5.41, 5.74) is 1.26. The highest BCUT2D eigenvalue weighted by Gasteiger charge is 2.14. The fourth-order valence-corrected chi connectivity index (χ4v) is 2.69. The molecule has 1 aliphatic rings. The zero-order chi connectivity index (χ0) is 12.4. The number of aromatic nitrogens is 1. The molecule has 2 heterocycles. The highest BCUT2D eigenvalue weighted by atomic mass is 79.9. The molecule has 1 aromatic carbocycles. The number of hydrogen-bond acceptors (Lipinski definition) is 2. The summed E-state index contributed by atoms with van der Waals surface area (Å²) in [6, 6.07) is 8.50. The first-order chi connectivity index (χ1) is 8.83. The van der Waals surface area contributed by atoms with Gasteiger partial charge in [0, 0.05) is 34.5 Å². The van der Waals surface area contributed by atoms with Gasteiger partial charge in [-0.25, -0.2) is 0 Å². The highest BCUT2D eigenvalue weighted by molar-refractivity contribution is 9.10. The number of fused-ring (bicyclic) bond motifs is 1. The average Bonchev–Trinajstić information content (AvgIpc) is 2.80. The van der Waals surface area contributed by atoms with Gasteiger partial charge in [0.25, 0.3) is 0 Å². The molecule has 0 bridgehead atoms. The standard InChI is InChI=1S/C14H16BrNO2/c15-12-2-3-13-11(10-12)4-6-16(13)7-5-14-17-8-1-9-18-14/h2-4,6,10,14H,1,5,7-9H2. The van der Waals surface area contributed by atoms with Crippen LogP contribution in [0, 0.1) is 0 Å². The van der Waals surface area contributed by atoms with Crippen LogP contribution in [0.2, 0.25) is 0 Å². The maximum atomic E-state index is 5.56. The maximum absolute atomic E-state index is 5.56. The van der Waals surface area contributed by atoms with E-state index in [2.05, 4.69) is 51.0 Å². The van der Waals surface area contributed by atoms with Crippen LogP contribution in [0.1, 0.15) is 12.8 Å². The third kappa shape index (κ3) is 2.60. The number of rotatable bonds is 3. The molecule has 0 saturated carbocycles. The van der Waals surface area contributed by atoms with Gasteiger partial charge in [-0.1, -0.05) is 15.9 Å². The summed E-state index contributed by atoms with van der Waals surface area (Å²) in [6.07, 6.45) is 4.00. The van der Waals surface area contributed by atoms with Gasteiger partial charge < -0.3 is 14.0 Å². The van der Waals surface area contributed by atoms with Crippen LogP contribution in [0.3, 0.4) is 0 Å². The molecular formula is C14H16BrNO2. The summed E-state index contributed by atoms with van der Waals surface area (Å²) in [6.45, 7) is 2.57. The number of ether oxygens (including phenoxy) is 2. The molecule has 96 valence electrons. The summed E-state index contributed by atoms with van der Waals surface area (Å²) in [7, 11) is 0. The second kappa shape index (κ2) is 5.43. The summed E-state index contributed by atoms with van der Waals surface area (Å²) >= 11 is 3.49. The van der Waals surface area contributed by atoms with Gasteiger partial charge >= 0.3 is 0 Å². The predicted octanol–water partition coefficient (Wildman–Crippen LogP) is 3.56. The van der Waals surface area contributed by atoms with E-state index < -0.39 is 0 Å².